The zero-order valence-corrected chi connectivity index (χ0v) is 16.8. The lowest BCUT2D eigenvalue weighted by molar-refractivity contribution is -0.384. The Morgan fingerprint density at radius 1 is 1.07 bits per heavy atom. The van der Waals surface area contributed by atoms with Crippen LogP contribution in [-0.2, 0) is 4.79 Å². The number of halogens is 2. The molecule has 2 aromatic carbocycles. The molecule has 1 saturated heterocycles. The number of piperazine rings is 1. The van der Waals surface area contributed by atoms with Gasteiger partial charge in [0.2, 0.25) is 5.91 Å². The van der Waals surface area contributed by atoms with Crippen LogP contribution >= 0.6 is 23.4 Å². The van der Waals surface area contributed by atoms with Crippen LogP contribution < -0.4 is 0 Å². The Hall–Kier alpha value is -2.65. The lowest BCUT2D eigenvalue weighted by atomic mass is 10.1. The maximum atomic E-state index is 13.2. The summed E-state index contributed by atoms with van der Waals surface area (Å²) in [5.41, 5.74) is 0.240. The van der Waals surface area contributed by atoms with Gasteiger partial charge in [-0.1, -0.05) is 11.6 Å². The van der Waals surface area contributed by atoms with Crippen molar-refractivity contribution in [2.75, 3.05) is 31.9 Å². The maximum absolute atomic E-state index is 13.2. The van der Waals surface area contributed by atoms with E-state index in [4.69, 9.17) is 11.6 Å². The van der Waals surface area contributed by atoms with Gasteiger partial charge >= 0.3 is 0 Å². The molecule has 1 heterocycles. The molecule has 0 aliphatic carbocycles. The number of nitrogens with zero attached hydrogens (tertiary/aromatic N) is 3. The standard InChI is InChI=1S/C19H17ClFN3O4S/c20-17-11-13(21)1-6-16(17)19(26)23-9-7-22(8-10-23)18(25)12-29-15-4-2-14(3-5-15)24(27)28/h1-6,11H,7-10,12H2. The summed E-state index contributed by atoms with van der Waals surface area (Å²) in [4.78, 5) is 39.2. The first-order valence-electron chi connectivity index (χ1n) is 8.74. The van der Waals surface area contributed by atoms with Gasteiger partial charge in [0, 0.05) is 43.2 Å². The number of hydrogen-bond acceptors (Lipinski definition) is 5. The van der Waals surface area contributed by atoms with Crippen LogP contribution in [0.15, 0.2) is 47.4 Å². The third-order valence-corrected chi connectivity index (χ3v) is 5.80. The van der Waals surface area contributed by atoms with Crippen molar-refractivity contribution in [1.82, 2.24) is 9.80 Å². The Morgan fingerprint density at radius 2 is 1.69 bits per heavy atom. The van der Waals surface area contributed by atoms with Gasteiger partial charge in [-0.15, -0.1) is 11.8 Å². The number of nitro groups is 1. The number of nitro benzene ring substituents is 1. The van der Waals surface area contributed by atoms with Gasteiger partial charge in [0.1, 0.15) is 5.82 Å². The highest BCUT2D eigenvalue weighted by Gasteiger charge is 2.26. The van der Waals surface area contributed by atoms with Crippen molar-refractivity contribution in [2.45, 2.75) is 4.90 Å². The van der Waals surface area contributed by atoms with Gasteiger partial charge in [-0.3, -0.25) is 19.7 Å². The van der Waals surface area contributed by atoms with E-state index in [0.29, 0.717) is 26.2 Å². The van der Waals surface area contributed by atoms with Gasteiger partial charge in [-0.05, 0) is 30.3 Å². The van der Waals surface area contributed by atoms with Crippen LogP contribution in [0.2, 0.25) is 5.02 Å². The summed E-state index contributed by atoms with van der Waals surface area (Å²) in [6, 6.07) is 9.67. The molecule has 1 aliphatic heterocycles. The first-order valence-corrected chi connectivity index (χ1v) is 10.1. The predicted molar refractivity (Wildman–Crippen MR) is 108 cm³/mol. The molecule has 2 amide bonds. The molecular weight excluding hydrogens is 421 g/mol. The Bertz CT molecular complexity index is 934. The molecular formula is C19H17ClFN3O4S. The summed E-state index contributed by atoms with van der Waals surface area (Å²) in [5, 5.41) is 10.7. The van der Waals surface area contributed by atoms with Crippen LogP contribution in [0, 0.1) is 15.9 Å². The molecule has 0 radical (unpaired) electrons. The normalized spacial score (nSPS) is 14.0. The number of thioether (sulfide) groups is 1. The lowest BCUT2D eigenvalue weighted by Gasteiger charge is -2.35. The number of benzene rings is 2. The monoisotopic (exact) mass is 437 g/mol. The Morgan fingerprint density at radius 3 is 2.28 bits per heavy atom. The Balaban J connectivity index is 1.50. The molecule has 1 fully saturated rings. The number of carbonyl (C=O) groups is 2. The van der Waals surface area contributed by atoms with Crippen molar-refractivity contribution in [3.05, 3.63) is 69.0 Å². The summed E-state index contributed by atoms with van der Waals surface area (Å²) in [6.45, 7) is 1.51. The highest BCUT2D eigenvalue weighted by atomic mass is 35.5. The van der Waals surface area contributed by atoms with E-state index >= 15 is 0 Å². The fourth-order valence-electron chi connectivity index (χ4n) is 2.89. The lowest BCUT2D eigenvalue weighted by Crippen LogP contribution is -2.51. The average Bonchev–Trinajstić information content (AvgIpc) is 2.72. The number of amides is 2. The molecule has 10 heteroatoms. The van der Waals surface area contributed by atoms with Gasteiger partial charge in [0.05, 0.1) is 21.3 Å². The smallest absolute Gasteiger partial charge is 0.269 e. The minimum atomic E-state index is -0.507. The Labute approximate surface area is 175 Å². The number of hydrogen-bond donors (Lipinski definition) is 0. The summed E-state index contributed by atoms with van der Waals surface area (Å²) in [5.74, 6) is -0.662. The third kappa shape index (κ3) is 5.24. The molecule has 2 aromatic rings. The van der Waals surface area contributed by atoms with Gasteiger partial charge in [-0.2, -0.15) is 0 Å². The van der Waals surface area contributed by atoms with E-state index < -0.39 is 10.7 Å². The van der Waals surface area contributed by atoms with E-state index in [1.807, 2.05) is 0 Å². The van der Waals surface area contributed by atoms with Crippen molar-refractivity contribution in [3.8, 4) is 0 Å². The minimum absolute atomic E-state index is 0.00252. The molecule has 3 rings (SSSR count). The molecule has 0 unspecified atom stereocenters. The second-order valence-electron chi connectivity index (χ2n) is 6.34. The van der Waals surface area contributed by atoms with Crippen LogP contribution in [0.4, 0.5) is 10.1 Å². The first kappa shape index (κ1) is 21.1. The van der Waals surface area contributed by atoms with Crippen LogP contribution in [-0.4, -0.2) is 58.5 Å². The second-order valence-corrected chi connectivity index (χ2v) is 7.79. The van der Waals surface area contributed by atoms with Crippen LogP contribution in [0.25, 0.3) is 0 Å². The van der Waals surface area contributed by atoms with E-state index in [1.54, 1.807) is 21.9 Å². The number of carbonyl (C=O) groups excluding carboxylic acids is 2. The summed E-state index contributed by atoms with van der Waals surface area (Å²) in [7, 11) is 0. The zero-order chi connectivity index (χ0) is 21.0. The van der Waals surface area contributed by atoms with E-state index in [2.05, 4.69) is 0 Å². The van der Waals surface area contributed by atoms with Crippen molar-refractivity contribution >= 4 is 40.9 Å². The fraction of sp³-hybridized carbons (Fsp3) is 0.263. The average molecular weight is 438 g/mol. The zero-order valence-electron chi connectivity index (χ0n) is 15.2. The quantitative estimate of drug-likeness (QED) is 0.406. The highest BCUT2D eigenvalue weighted by Crippen LogP contribution is 2.23. The van der Waals surface area contributed by atoms with E-state index in [0.717, 1.165) is 11.0 Å². The largest absolute Gasteiger partial charge is 0.338 e. The van der Waals surface area contributed by atoms with Gasteiger partial charge in [-0.25, -0.2) is 4.39 Å². The van der Waals surface area contributed by atoms with E-state index in [-0.39, 0.29) is 33.8 Å². The summed E-state index contributed by atoms with van der Waals surface area (Å²) >= 11 is 7.26. The van der Waals surface area contributed by atoms with Gasteiger partial charge in [0.15, 0.2) is 0 Å². The molecule has 1 aliphatic rings. The first-order chi connectivity index (χ1) is 13.8. The van der Waals surface area contributed by atoms with Crippen molar-refractivity contribution in [3.63, 3.8) is 0 Å². The van der Waals surface area contributed by atoms with Gasteiger partial charge in [0.25, 0.3) is 11.6 Å². The summed E-state index contributed by atoms with van der Waals surface area (Å²) < 4.78 is 13.2. The number of rotatable bonds is 5. The molecule has 0 N–H and O–H groups in total. The van der Waals surface area contributed by atoms with E-state index in [1.165, 1.54) is 36.0 Å². The van der Waals surface area contributed by atoms with Crippen molar-refractivity contribution in [1.29, 1.82) is 0 Å². The molecule has 0 bridgehead atoms. The molecule has 0 aromatic heterocycles. The molecule has 152 valence electrons. The Kier molecular flexibility index (Phi) is 6.71. The van der Waals surface area contributed by atoms with Crippen LogP contribution in [0.5, 0.6) is 0 Å². The highest BCUT2D eigenvalue weighted by molar-refractivity contribution is 8.00. The van der Waals surface area contributed by atoms with Crippen LogP contribution in [0.1, 0.15) is 10.4 Å². The van der Waals surface area contributed by atoms with Crippen molar-refractivity contribution < 1.29 is 18.9 Å². The third-order valence-electron chi connectivity index (χ3n) is 4.49. The second kappa shape index (κ2) is 9.23. The van der Waals surface area contributed by atoms with E-state index in [9.17, 15) is 24.1 Å². The van der Waals surface area contributed by atoms with Crippen molar-refractivity contribution in [2.24, 2.45) is 0 Å². The topological polar surface area (TPSA) is 83.8 Å². The molecule has 29 heavy (non-hydrogen) atoms. The molecule has 0 saturated carbocycles. The van der Waals surface area contributed by atoms with Gasteiger partial charge < -0.3 is 9.80 Å². The number of non-ortho nitro benzene ring substituents is 1. The molecule has 0 spiro atoms. The minimum Gasteiger partial charge on any atom is -0.338 e. The maximum Gasteiger partial charge on any atom is 0.269 e. The SMILES string of the molecule is O=C(CSc1ccc([N+](=O)[O-])cc1)N1CCN(C(=O)c2ccc(F)cc2Cl)CC1. The molecule has 0 atom stereocenters. The fourth-order valence-corrected chi connectivity index (χ4v) is 3.94. The van der Waals surface area contributed by atoms with Crippen LogP contribution in [0.3, 0.4) is 0 Å². The predicted octanol–water partition coefficient (Wildman–Crippen LogP) is 3.46. The molecule has 7 nitrogen and oxygen atoms in total. The summed E-state index contributed by atoms with van der Waals surface area (Å²) in [6.07, 6.45) is 0.